The molecule has 0 atom stereocenters. The van der Waals surface area contributed by atoms with Crippen LogP contribution in [0, 0.1) is 41.1 Å². The highest BCUT2D eigenvalue weighted by Crippen LogP contribution is 2.24. The second-order valence-electron chi connectivity index (χ2n) is 6.57. The van der Waals surface area contributed by atoms with Gasteiger partial charge >= 0.3 is 0 Å². The first kappa shape index (κ1) is 20.5. The number of anilines is 1. The van der Waals surface area contributed by atoms with E-state index in [1.54, 1.807) is 12.1 Å². The van der Waals surface area contributed by atoms with Crippen molar-refractivity contribution in [1.29, 1.82) is 5.26 Å². The predicted octanol–water partition coefficient (Wildman–Crippen LogP) is 4.69. The zero-order valence-electron chi connectivity index (χ0n) is 16.2. The number of aromatic nitrogens is 1. The molecule has 3 rings (SSSR count). The lowest BCUT2D eigenvalue weighted by atomic mass is 10.1. The topological polar surface area (TPSA) is 101 Å². The Balaban J connectivity index is 1.91. The van der Waals surface area contributed by atoms with Gasteiger partial charge in [0.1, 0.15) is 17.5 Å². The average molecular weight is 404 g/mol. The molecule has 3 aromatic rings. The second kappa shape index (κ2) is 8.41. The molecule has 2 aromatic carbocycles. The first-order valence-electron chi connectivity index (χ1n) is 8.92. The molecular formula is C22H17FN4O3. The van der Waals surface area contributed by atoms with Gasteiger partial charge in [0.05, 0.1) is 4.92 Å². The van der Waals surface area contributed by atoms with E-state index in [2.05, 4.69) is 5.32 Å². The number of nitro benzene ring substituents is 1. The van der Waals surface area contributed by atoms with Gasteiger partial charge in [0.15, 0.2) is 0 Å². The number of amides is 1. The fourth-order valence-electron chi connectivity index (χ4n) is 3.09. The zero-order valence-corrected chi connectivity index (χ0v) is 16.2. The van der Waals surface area contributed by atoms with E-state index >= 15 is 0 Å². The van der Waals surface area contributed by atoms with E-state index in [0.29, 0.717) is 11.3 Å². The molecule has 1 N–H and O–H groups in total. The summed E-state index contributed by atoms with van der Waals surface area (Å²) in [6.07, 6.45) is 1.48. The van der Waals surface area contributed by atoms with Gasteiger partial charge < -0.3 is 9.88 Å². The number of nitriles is 1. The minimum absolute atomic E-state index is 0.00874. The Hall–Kier alpha value is -4.25. The molecule has 8 heteroatoms. The third-order valence-corrected chi connectivity index (χ3v) is 4.56. The molecule has 0 radical (unpaired) electrons. The number of rotatable bonds is 5. The number of nitro groups is 1. The molecule has 30 heavy (non-hydrogen) atoms. The molecule has 0 aliphatic carbocycles. The van der Waals surface area contributed by atoms with Crippen molar-refractivity contribution >= 4 is 23.4 Å². The highest BCUT2D eigenvalue weighted by atomic mass is 19.1. The fourth-order valence-corrected chi connectivity index (χ4v) is 3.09. The molecule has 0 bridgehead atoms. The van der Waals surface area contributed by atoms with E-state index in [4.69, 9.17) is 0 Å². The number of benzene rings is 2. The molecule has 0 saturated heterocycles. The van der Waals surface area contributed by atoms with Crippen molar-refractivity contribution in [3.8, 4) is 11.8 Å². The van der Waals surface area contributed by atoms with Crippen molar-refractivity contribution in [2.24, 2.45) is 0 Å². The largest absolute Gasteiger partial charge is 0.321 e. The van der Waals surface area contributed by atoms with Crippen molar-refractivity contribution in [1.82, 2.24) is 4.57 Å². The van der Waals surface area contributed by atoms with Crippen LogP contribution >= 0.6 is 0 Å². The Kier molecular flexibility index (Phi) is 5.74. The molecule has 7 nitrogen and oxygen atoms in total. The Morgan fingerprint density at radius 1 is 1.17 bits per heavy atom. The van der Waals surface area contributed by atoms with E-state index in [-0.39, 0.29) is 11.3 Å². The molecule has 0 saturated carbocycles. The first-order valence-corrected chi connectivity index (χ1v) is 8.92. The Morgan fingerprint density at radius 2 is 1.80 bits per heavy atom. The van der Waals surface area contributed by atoms with Crippen LogP contribution in [0.5, 0.6) is 0 Å². The molecule has 0 aliphatic rings. The van der Waals surface area contributed by atoms with Gasteiger partial charge in [-0.25, -0.2) is 4.39 Å². The summed E-state index contributed by atoms with van der Waals surface area (Å²) in [4.78, 5) is 22.8. The molecule has 0 unspecified atom stereocenters. The van der Waals surface area contributed by atoms with Gasteiger partial charge in [-0.15, -0.1) is 0 Å². The van der Waals surface area contributed by atoms with Crippen LogP contribution in [0.2, 0.25) is 0 Å². The van der Waals surface area contributed by atoms with E-state index in [1.807, 2.05) is 30.6 Å². The molecule has 1 amide bonds. The number of carbonyl (C=O) groups is 1. The number of nitrogens with zero attached hydrogens (tertiary/aromatic N) is 3. The third kappa shape index (κ3) is 4.25. The number of halogens is 1. The summed E-state index contributed by atoms with van der Waals surface area (Å²) in [5.41, 5.74) is 3.25. The van der Waals surface area contributed by atoms with Crippen molar-refractivity contribution in [3.05, 3.63) is 93.1 Å². The van der Waals surface area contributed by atoms with Crippen molar-refractivity contribution in [2.45, 2.75) is 13.8 Å². The number of hydrogen-bond donors (Lipinski definition) is 1. The van der Waals surface area contributed by atoms with Crippen molar-refractivity contribution in [2.75, 3.05) is 5.32 Å². The predicted molar refractivity (Wildman–Crippen MR) is 111 cm³/mol. The Morgan fingerprint density at radius 3 is 2.37 bits per heavy atom. The summed E-state index contributed by atoms with van der Waals surface area (Å²) < 4.78 is 14.9. The van der Waals surface area contributed by atoms with Gasteiger partial charge in [0.2, 0.25) is 0 Å². The van der Waals surface area contributed by atoms with Crippen molar-refractivity contribution < 1.29 is 14.1 Å². The SMILES string of the molecule is Cc1cc(/C=C(\C#N)C(=O)Nc2ccc(F)cc2)c(C)n1-c1ccc([N+](=O)[O-])cc1. The number of carbonyl (C=O) groups excluding carboxylic acids is 1. The van der Waals surface area contributed by atoms with Gasteiger partial charge in [-0.05, 0) is 68.0 Å². The molecule has 1 heterocycles. The van der Waals surface area contributed by atoms with Crippen LogP contribution in [-0.4, -0.2) is 15.4 Å². The van der Waals surface area contributed by atoms with Crippen LogP contribution in [0.15, 0.2) is 60.2 Å². The maximum atomic E-state index is 13.0. The average Bonchev–Trinajstić information content (AvgIpc) is 3.00. The Labute approximate surface area is 171 Å². The smallest absolute Gasteiger partial charge is 0.269 e. The lowest BCUT2D eigenvalue weighted by Gasteiger charge is -2.09. The quantitative estimate of drug-likeness (QED) is 0.289. The van der Waals surface area contributed by atoms with Crippen LogP contribution in [0.1, 0.15) is 17.0 Å². The Bertz CT molecular complexity index is 1190. The minimum Gasteiger partial charge on any atom is -0.321 e. The standard InChI is InChI=1S/C22H17FN4O3/c1-14-11-16(15(2)26(14)20-7-9-21(10-8-20)27(29)30)12-17(13-24)22(28)25-19-5-3-18(23)4-6-19/h3-12H,1-2H3,(H,25,28)/b17-12+. The first-order chi connectivity index (χ1) is 14.3. The summed E-state index contributed by atoms with van der Waals surface area (Å²) in [6.45, 7) is 3.68. The summed E-state index contributed by atoms with van der Waals surface area (Å²) in [5.74, 6) is -1.04. The normalized spacial score (nSPS) is 11.1. The molecular weight excluding hydrogens is 387 g/mol. The summed E-state index contributed by atoms with van der Waals surface area (Å²) >= 11 is 0. The highest BCUT2D eigenvalue weighted by molar-refractivity contribution is 6.09. The molecule has 0 spiro atoms. The van der Waals surface area contributed by atoms with Crippen molar-refractivity contribution in [3.63, 3.8) is 0 Å². The lowest BCUT2D eigenvalue weighted by Crippen LogP contribution is -2.13. The highest BCUT2D eigenvalue weighted by Gasteiger charge is 2.15. The van der Waals surface area contributed by atoms with Gasteiger partial charge in [-0.3, -0.25) is 14.9 Å². The van der Waals surface area contributed by atoms with Gasteiger partial charge in [-0.1, -0.05) is 0 Å². The molecule has 0 fully saturated rings. The lowest BCUT2D eigenvalue weighted by molar-refractivity contribution is -0.384. The van der Waals surface area contributed by atoms with Gasteiger partial charge in [0.25, 0.3) is 11.6 Å². The molecule has 0 aliphatic heterocycles. The van der Waals surface area contributed by atoms with Gasteiger partial charge in [0, 0.05) is 34.9 Å². The number of hydrogen-bond acceptors (Lipinski definition) is 4. The number of non-ortho nitro benzene ring substituents is 1. The number of nitrogens with one attached hydrogen (secondary N) is 1. The maximum absolute atomic E-state index is 13.0. The summed E-state index contributed by atoms with van der Waals surface area (Å²) in [6, 6.07) is 15.0. The van der Waals surface area contributed by atoms with Crippen LogP contribution in [-0.2, 0) is 4.79 Å². The summed E-state index contributed by atoms with van der Waals surface area (Å²) in [5, 5.41) is 22.9. The van der Waals surface area contributed by atoms with E-state index < -0.39 is 16.6 Å². The molecule has 150 valence electrons. The summed E-state index contributed by atoms with van der Waals surface area (Å²) in [7, 11) is 0. The zero-order chi connectivity index (χ0) is 21.8. The van der Waals surface area contributed by atoms with Gasteiger partial charge in [-0.2, -0.15) is 5.26 Å². The fraction of sp³-hybridized carbons (Fsp3) is 0.0909. The molecule has 1 aromatic heterocycles. The number of aryl methyl sites for hydroxylation is 1. The second-order valence-corrected chi connectivity index (χ2v) is 6.57. The minimum atomic E-state index is -0.607. The van der Waals surface area contributed by atoms with Crippen LogP contribution in [0.25, 0.3) is 11.8 Å². The van der Waals surface area contributed by atoms with E-state index in [1.165, 1.54) is 42.5 Å². The van der Waals surface area contributed by atoms with Crippen LogP contribution in [0.3, 0.4) is 0 Å². The maximum Gasteiger partial charge on any atom is 0.269 e. The van der Waals surface area contributed by atoms with E-state index in [0.717, 1.165) is 17.1 Å². The van der Waals surface area contributed by atoms with Crippen LogP contribution in [0.4, 0.5) is 15.8 Å². The monoisotopic (exact) mass is 404 g/mol. The van der Waals surface area contributed by atoms with Crippen LogP contribution < -0.4 is 5.32 Å². The third-order valence-electron chi connectivity index (χ3n) is 4.56. The van der Waals surface area contributed by atoms with E-state index in [9.17, 15) is 24.6 Å².